The Hall–Kier alpha value is -0.660. The summed E-state index contributed by atoms with van der Waals surface area (Å²) in [6.45, 7) is 3.66. The normalized spacial score (nSPS) is 15.9. The Bertz CT molecular complexity index is 363. The Morgan fingerprint density at radius 2 is 2.12 bits per heavy atom. The zero-order valence-electron chi connectivity index (χ0n) is 9.67. The van der Waals surface area contributed by atoms with Gasteiger partial charge in [-0.15, -0.1) is 11.3 Å². The van der Waals surface area contributed by atoms with Crippen LogP contribution in [0.15, 0.2) is 5.38 Å². The predicted molar refractivity (Wildman–Crippen MR) is 59.7 cm³/mol. The highest BCUT2D eigenvalue weighted by Gasteiger charge is 2.50. The second-order valence-electron chi connectivity index (χ2n) is 3.88. The number of halogens is 3. The van der Waals surface area contributed by atoms with Crippen molar-refractivity contribution in [1.82, 2.24) is 4.98 Å². The molecule has 1 atom stereocenters. The summed E-state index contributed by atoms with van der Waals surface area (Å²) in [5, 5.41) is 1.84. The minimum absolute atomic E-state index is 0.162. The van der Waals surface area contributed by atoms with Gasteiger partial charge in [0.1, 0.15) is 5.01 Å². The van der Waals surface area contributed by atoms with Crippen LogP contribution in [0, 0.1) is 0 Å². The molecule has 0 bridgehead atoms. The first-order valence-corrected chi connectivity index (χ1v) is 6.05. The van der Waals surface area contributed by atoms with E-state index in [1.807, 2.05) is 6.92 Å². The maximum absolute atomic E-state index is 12.6. The lowest BCUT2D eigenvalue weighted by atomic mass is 10.00. The molecule has 1 unspecified atom stereocenters. The molecule has 0 aromatic carbocycles. The largest absolute Gasteiger partial charge is 0.411 e. The highest BCUT2D eigenvalue weighted by molar-refractivity contribution is 7.09. The molecule has 1 heterocycles. The van der Waals surface area contributed by atoms with Crippen LogP contribution in [0.5, 0.6) is 0 Å². The number of alkyl halides is 3. The van der Waals surface area contributed by atoms with E-state index in [0.29, 0.717) is 11.6 Å². The van der Waals surface area contributed by atoms with Crippen molar-refractivity contribution in [3.05, 3.63) is 16.1 Å². The molecule has 2 N–H and O–H groups in total. The van der Waals surface area contributed by atoms with E-state index in [-0.39, 0.29) is 12.3 Å². The van der Waals surface area contributed by atoms with Gasteiger partial charge in [-0.05, 0) is 13.3 Å². The molecule has 1 rings (SSSR count). The molecule has 0 aliphatic carbocycles. The minimum atomic E-state index is -4.51. The monoisotopic (exact) mass is 268 g/mol. The summed E-state index contributed by atoms with van der Waals surface area (Å²) in [5.74, 6) is 0. The molecule has 0 saturated heterocycles. The van der Waals surface area contributed by atoms with Crippen LogP contribution in [0.4, 0.5) is 13.2 Å². The molecule has 3 nitrogen and oxygen atoms in total. The first-order chi connectivity index (χ1) is 7.79. The van der Waals surface area contributed by atoms with Gasteiger partial charge in [0, 0.05) is 12.0 Å². The second kappa shape index (κ2) is 5.32. The van der Waals surface area contributed by atoms with Crippen molar-refractivity contribution in [2.24, 2.45) is 5.73 Å². The quantitative estimate of drug-likeness (QED) is 0.835. The molecule has 1 aromatic heterocycles. The Morgan fingerprint density at radius 3 is 2.65 bits per heavy atom. The molecule has 1 aromatic rings. The van der Waals surface area contributed by atoms with E-state index in [9.17, 15) is 13.2 Å². The van der Waals surface area contributed by atoms with E-state index in [1.165, 1.54) is 5.38 Å². The van der Waals surface area contributed by atoms with E-state index in [0.717, 1.165) is 24.7 Å². The topological polar surface area (TPSA) is 48.1 Å². The lowest BCUT2D eigenvalue weighted by Gasteiger charge is -2.25. The summed E-state index contributed by atoms with van der Waals surface area (Å²) in [6.07, 6.45) is -3.65. The fourth-order valence-electron chi connectivity index (χ4n) is 1.06. The van der Waals surface area contributed by atoms with Gasteiger partial charge < -0.3 is 10.5 Å². The van der Waals surface area contributed by atoms with Gasteiger partial charge in [-0.25, -0.2) is 4.98 Å². The predicted octanol–water partition coefficient (Wildman–Crippen LogP) is 2.81. The third-order valence-electron chi connectivity index (χ3n) is 2.25. The standard InChI is InChI=1S/C10H15F3N2OS/c1-3-4-16-5-8-15-7(6-17-8)9(2,14)10(11,12)13/h6H,3-5,14H2,1-2H3. The van der Waals surface area contributed by atoms with Crippen molar-refractivity contribution in [2.75, 3.05) is 6.61 Å². The van der Waals surface area contributed by atoms with Crippen molar-refractivity contribution in [1.29, 1.82) is 0 Å². The van der Waals surface area contributed by atoms with Crippen molar-refractivity contribution >= 4 is 11.3 Å². The molecule has 0 spiro atoms. The molecule has 7 heteroatoms. The van der Waals surface area contributed by atoms with Crippen LogP contribution in [0.25, 0.3) is 0 Å². The number of nitrogens with two attached hydrogens (primary N) is 1. The van der Waals surface area contributed by atoms with E-state index < -0.39 is 11.7 Å². The smallest absolute Gasteiger partial charge is 0.374 e. The van der Waals surface area contributed by atoms with Gasteiger partial charge in [0.25, 0.3) is 0 Å². The third kappa shape index (κ3) is 3.40. The number of aromatic nitrogens is 1. The molecule has 98 valence electrons. The van der Waals surface area contributed by atoms with E-state index in [4.69, 9.17) is 10.5 Å². The Morgan fingerprint density at radius 1 is 1.47 bits per heavy atom. The van der Waals surface area contributed by atoms with Crippen LogP contribution in [-0.4, -0.2) is 17.8 Å². The number of rotatable bonds is 5. The lowest BCUT2D eigenvalue weighted by molar-refractivity contribution is -0.185. The Labute approximate surface area is 102 Å². The molecule has 0 fully saturated rings. The van der Waals surface area contributed by atoms with Crippen LogP contribution in [0.3, 0.4) is 0 Å². The van der Waals surface area contributed by atoms with Gasteiger partial charge in [-0.2, -0.15) is 13.2 Å². The van der Waals surface area contributed by atoms with Gasteiger partial charge >= 0.3 is 6.18 Å². The summed E-state index contributed by atoms with van der Waals surface area (Å²) in [4.78, 5) is 3.87. The van der Waals surface area contributed by atoms with Gasteiger partial charge in [-0.3, -0.25) is 0 Å². The lowest BCUT2D eigenvalue weighted by Crippen LogP contribution is -2.47. The van der Waals surface area contributed by atoms with Crippen molar-refractivity contribution in [2.45, 2.75) is 38.6 Å². The Balaban J connectivity index is 2.74. The summed E-state index contributed by atoms with van der Waals surface area (Å²) in [7, 11) is 0. The second-order valence-corrected chi connectivity index (χ2v) is 4.82. The summed E-state index contributed by atoms with van der Waals surface area (Å²) >= 11 is 1.13. The van der Waals surface area contributed by atoms with E-state index in [2.05, 4.69) is 4.98 Å². The maximum atomic E-state index is 12.6. The number of hydrogen-bond acceptors (Lipinski definition) is 4. The summed E-state index contributed by atoms with van der Waals surface area (Å²) in [5.41, 5.74) is 2.69. The average Bonchev–Trinajstić information content (AvgIpc) is 2.65. The molecular formula is C10H15F3N2OS. The van der Waals surface area contributed by atoms with Crippen molar-refractivity contribution in [3.8, 4) is 0 Å². The van der Waals surface area contributed by atoms with E-state index in [1.54, 1.807) is 0 Å². The van der Waals surface area contributed by atoms with E-state index >= 15 is 0 Å². The summed E-state index contributed by atoms with van der Waals surface area (Å²) in [6, 6.07) is 0. The number of nitrogens with zero attached hydrogens (tertiary/aromatic N) is 1. The number of hydrogen-bond donors (Lipinski definition) is 1. The molecule has 0 radical (unpaired) electrons. The SMILES string of the molecule is CCCOCc1nc(C(C)(N)C(F)(F)F)cs1. The zero-order chi connectivity index (χ0) is 13.1. The van der Waals surface area contributed by atoms with Gasteiger partial charge in [-0.1, -0.05) is 6.92 Å². The first kappa shape index (κ1) is 14.4. The van der Waals surface area contributed by atoms with Crippen molar-refractivity contribution < 1.29 is 17.9 Å². The van der Waals surface area contributed by atoms with Crippen LogP contribution in [-0.2, 0) is 16.9 Å². The number of thiazole rings is 1. The summed E-state index contributed by atoms with van der Waals surface area (Å²) < 4.78 is 43.1. The molecular weight excluding hydrogens is 253 g/mol. The van der Waals surface area contributed by atoms with Gasteiger partial charge in [0.05, 0.1) is 12.3 Å². The molecule has 0 saturated carbocycles. The number of ether oxygens (including phenoxy) is 1. The van der Waals surface area contributed by atoms with Gasteiger partial charge in [0.15, 0.2) is 5.54 Å². The van der Waals surface area contributed by atoms with Crippen LogP contribution in [0.2, 0.25) is 0 Å². The highest BCUT2D eigenvalue weighted by atomic mass is 32.1. The highest BCUT2D eigenvalue weighted by Crippen LogP contribution is 2.36. The fraction of sp³-hybridized carbons (Fsp3) is 0.700. The molecule has 0 aliphatic heterocycles. The Kier molecular flexibility index (Phi) is 4.51. The van der Waals surface area contributed by atoms with Crippen LogP contribution in [0.1, 0.15) is 31.0 Å². The minimum Gasteiger partial charge on any atom is -0.374 e. The van der Waals surface area contributed by atoms with Crippen LogP contribution >= 0.6 is 11.3 Å². The first-order valence-electron chi connectivity index (χ1n) is 5.17. The third-order valence-corrected chi connectivity index (χ3v) is 3.07. The fourth-order valence-corrected chi connectivity index (χ4v) is 1.91. The molecule has 0 aliphatic rings. The van der Waals surface area contributed by atoms with Gasteiger partial charge in [0.2, 0.25) is 0 Å². The zero-order valence-corrected chi connectivity index (χ0v) is 10.5. The van der Waals surface area contributed by atoms with Crippen LogP contribution < -0.4 is 5.73 Å². The molecule has 17 heavy (non-hydrogen) atoms. The molecule has 0 amide bonds. The maximum Gasteiger partial charge on any atom is 0.411 e. The van der Waals surface area contributed by atoms with Crippen molar-refractivity contribution in [3.63, 3.8) is 0 Å². The average molecular weight is 268 g/mol.